The average molecular weight is 495 g/mol. The molecule has 0 atom stereocenters. The van der Waals surface area contributed by atoms with Crippen molar-refractivity contribution in [1.82, 2.24) is 9.80 Å². The Morgan fingerprint density at radius 2 is 1.63 bits per heavy atom. The summed E-state index contributed by atoms with van der Waals surface area (Å²) >= 11 is 6.00. The number of carbonyl (C=O) groups excluding carboxylic acids is 4. The summed E-state index contributed by atoms with van der Waals surface area (Å²) in [5.74, 6) is -2.63. The molecule has 178 valence electrons. The molecule has 1 aliphatic heterocycles. The van der Waals surface area contributed by atoms with E-state index in [1.807, 2.05) is 0 Å². The average Bonchev–Trinajstić information content (AvgIpc) is 3.09. The lowest BCUT2D eigenvalue weighted by Crippen LogP contribution is -2.31. The van der Waals surface area contributed by atoms with Gasteiger partial charge in [-0.25, -0.2) is 9.18 Å². The van der Waals surface area contributed by atoms with Gasteiger partial charge < -0.3 is 9.64 Å². The molecule has 3 aromatic carbocycles. The van der Waals surface area contributed by atoms with E-state index in [0.717, 1.165) is 4.90 Å². The van der Waals surface area contributed by atoms with Gasteiger partial charge in [0.25, 0.3) is 17.7 Å². The van der Waals surface area contributed by atoms with Crippen LogP contribution in [0.3, 0.4) is 0 Å². The number of amides is 3. The predicted molar refractivity (Wildman–Crippen MR) is 125 cm³/mol. The van der Waals surface area contributed by atoms with E-state index in [9.17, 15) is 23.6 Å². The number of imide groups is 1. The highest BCUT2D eigenvalue weighted by Crippen LogP contribution is 2.24. The maximum atomic E-state index is 14.0. The molecule has 0 aromatic heterocycles. The monoisotopic (exact) mass is 494 g/mol. The molecule has 0 unspecified atom stereocenters. The summed E-state index contributed by atoms with van der Waals surface area (Å²) in [6.45, 7) is -0.653. The highest BCUT2D eigenvalue weighted by Gasteiger charge is 2.35. The normalized spacial score (nSPS) is 12.5. The molecule has 35 heavy (non-hydrogen) atoms. The summed E-state index contributed by atoms with van der Waals surface area (Å²) < 4.78 is 19.1. The van der Waals surface area contributed by atoms with E-state index < -0.39 is 36.1 Å². The van der Waals surface area contributed by atoms with E-state index in [1.54, 1.807) is 36.4 Å². The van der Waals surface area contributed by atoms with Gasteiger partial charge in [-0.1, -0.05) is 41.9 Å². The molecule has 0 N–H and O–H groups in total. The number of nitrogens with zero attached hydrogens (tertiary/aromatic N) is 2. The zero-order valence-electron chi connectivity index (χ0n) is 18.7. The summed E-state index contributed by atoms with van der Waals surface area (Å²) in [4.78, 5) is 52.4. The topological polar surface area (TPSA) is 84.0 Å². The van der Waals surface area contributed by atoms with Gasteiger partial charge in [-0.05, 0) is 42.0 Å². The summed E-state index contributed by atoms with van der Waals surface area (Å²) in [6.07, 6.45) is 0. The van der Waals surface area contributed by atoms with Crippen molar-refractivity contribution in [2.24, 2.45) is 0 Å². The van der Waals surface area contributed by atoms with E-state index in [-0.39, 0.29) is 29.2 Å². The van der Waals surface area contributed by atoms with E-state index in [1.165, 1.54) is 42.3 Å². The minimum Gasteiger partial charge on any atom is -0.452 e. The molecular weight excluding hydrogens is 475 g/mol. The van der Waals surface area contributed by atoms with Crippen molar-refractivity contribution in [3.05, 3.63) is 105 Å². The third kappa shape index (κ3) is 5.07. The van der Waals surface area contributed by atoms with E-state index in [4.69, 9.17) is 16.3 Å². The standard InChI is InChI=1S/C26H20ClFN2O5/c1-29(14-20-21(27)10-5-11-22(20)28)23(31)15-35-26(34)17-7-4-6-16(12-17)13-30-24(32)18-8-2-3-9-19(18)25(30)33/h2-12H,13-15H2,1H3. The number of ether oxygens (including phenoxy) is 1. The Bertz CT molecular complexity index is 1290. The van der Waals surface area contributed by atoms with Gasteiger partial charge in [-0.3, -0.25) is 19.3 Å². The van der Waals surface area contributed by atoms with Crippen LogP contribution in [0.15, 0.2) is 66.7 Å². The van der Waals surface area contributed by atoms with Gasteiger partial charge in [0.05, 0.1) is 23.2 Å². The zero-order chi connectivity index (χ0) is 25.1. The minimum atomic E-state index is -0.750. The number of rotatable bonds is 7. The smallest absolute Gasteiger partial charge is 0.338 e. The van der Waals surface area contributed by atoms with Gasteiger partial charge in [-0.2, -0.15) is 0 Å². The second-order valence-corrected chi connectivity index (χ2v) is 8.38. The van der Waals surface area contributed by atoms with Crippen molar-refractivity contribution in [2.75, 3.05) is 13.7 Å². The number of esters is 1. The molecule has 0 spiro atoms. The number of hydrogen-bond acceptors (Lipinski definition) is 5. The lowest BCUT2D eigenvalue weighted by Gasteiger charge is -2.18. The minimum absolute atomic E-state index is 0.0153. The summed E-state index contributed by atoms with van der Waals surface area (Å²) in [5.41, 5.74) is 1.55. The van der Waals surface area contributed by atoms with E-state index in [0.29, 0.717) is 16.7 Å². The second-order valence-electron chi connectivity index (χ2n) is 7.97. The number of halogens is 2. The van der Waals surface area contributed by atoms with Gasteiger partial charge in [0.2, 0.25) is 0 Å². The maximum absolute atomic E-state index is 14.0. The third-order valence-electron chi connectivity index (χ3n) is 5.59. The predicted octanol–water partition coefficient (Wildman–Crippen LogP) is 4.09. The van der Waals surface area contributed by atoms with Gasteiger partial charge in [0.15, 0.2) is 6.61 Å². The van der Waals surface area contributed by atoms with Crippen molar-refractivity contribution >= 4 is 35.3 Å². The van der Waals surface area contributed by atoms with Crippen molar-refractivity contribution in [3.8, 4) is 0 Å². The van der Waals surface area contributed by atoms with Crippen molar-refractivity contribution in [3.63, 3.8) is 0 Å². The Hall–Kier alpha value is -4.04. The van der Waals surface area contributed by atoms with Crippen LogP contribution in [0, 0.1) is 5.82 Å². The highest BCUT2D eigenvalue weighted by molar-refractivity contribution is 6.31. The molecule has 4 rings (SSSR count). The fourth-order valence-corrected chi connectivity index (χ4v) is 3.91. The molecule has 0 saturated carbocycles. The molecule has 1 aliphatic rings. The molecule has 7 nitrogen and oxygen atoms in total. The molecule has 0 fully saturated rings. The molecule has 0 bridgehead atoms. The van der Waals surface area contributed by atoms with E-state index >= 15 is 0 Å². The van der Waals surface area contributed by atoms with Crippen molar-refractivity contribution in [2.45, 2.75) is 13.1 Å². The fraction of sp³-hybridized carbons (Fsp3) is 0.154. The fourth-order valence-electron chi connectivity index (χ4n) is 3.69. The Labute approximate surface area is 205 Å². The molecule has 0 radical (unpaired) electrons. The molecular formula is C26H20ClFN2O5. The van der Waals surface area contributed by atoms with Crippen LogP contribution < -0.4 is 0 Å². The Morgan fingerprint density at radius 1 is 0.971 bits per heavy atom. The van der Waals surface area contributed by atoms with Gasteiger partial charge >= 0.3 is 5.97 Å². The Morgan fingerprint density at radius 3 is 2.29 bits per heavy atom. The molecule has 0 saturated heterocycles. The quantitative estimate of drug-likeness (QED) is 0.365. The van der Waals surface area contributed by atoms with Gasteiger partial charge in [0.1, 0.15) is 5.82 Å². The van der Waals surface area contributed by atoms with E-state index in [2.05, 4.69) is 0 Å². The van der Waals surface area contributed by atoms with Crippen LogP contribution in [0.1, 0.15) is 42.2 Å². The van der Waals surface area contributed by atoms with Gasteiger partial charge in [-0.15, -0.1) is 0 Å². The van der Waals surface area contributed by atoms with Crippen molar-refractivity contribution < 1.29 is 28.3 Å². The molecule has 3 amide bonds. The first-order valence-corrected chi connectivity index (χ1v) is 11.0. The molecule has 9 heteroatoms. The largest absolute Gasteiger partial charge is 0.452 e. The first-order valence-electron chi connectivity index (χ1n) is 10.6. The highest BCUT2D eigenvalue weighted by atomic mass is 35.5. The summed E-state index contributed by atoms with van der Waals surface area (Å²) in [5, 5.41) is 0.191. The van der Waals surface area contributed by atoms with Crippen LogP contribution in [-0.4, -0.2) is 47.1 Å². The molecule has 1 heterocycles. The lowest BCUT2D eigenvalue weighted by atomic mass is 10.1. The second kappa shape index (κ2) is 10.1. The third-order valence-corrected chi connectivity index (χ3v) is 5.95. The van der Waals surface area contributed by atoms with Crippen LogP contribution >= 0.6 is 11.6 Å². The van der Waals surface area contributed by atoms with Crippen LogP contribution in [0.5, 0.6) is 0 Å². The lowest BCUT2D eigenvalue weighted by molar-refractivity contribution is -0.133. The number of fused-ring (bicyclic) bond motifs is 1. The number of likely N-dealkylation sites (N-methyl/N-ethyl adjacent to an activating group) is 1. The SMILES string of the molecule is CN(Cc1c(F)cccc1Cl)C(=O)COC(=O)c1cccc(CN2C(=O)c3ccccc3C2=O)c1. The van der Waals surface area contributed by atoms with Crippen LogP contribution in [-0.2, 0) is 22.6 Å². The number of carbonyl (C=O) groups is 4. The molecule has 3 aromatic rings. The Balaban J connectivity index is 1.36. The van der Waals surface area contributed by atoms with Crippen molar-refractivity contribution in [1.29, 1.82) is 0 Å². The zero-order valence-corrected chi connectivity index (χ0v) is 19.4. The number of benzene rings is 3. The van der Waals surface area contributed by atoms with Crippen LogP contribution in [0.25, 0.3) is 0 Å². The van der Waals surface area contributed by atoms with Crippen LogP contribution in [0.2, 0.25) is 5.02 Å². The first kappa shape index (κ1) is 24.1. The van der Waals surface area contributed by atoms with Crippen LogP contribution in [0.4, 0.5) is 4.39 Å². The summed E-state index contributed by atoms with van der Waals surface area (Å²) in [6, 6.07) is 17.1. The Kier molecular flexibility index (Phi) is 6.93. The molecule has 0 aliphatic carbocycles. The number of hydrogen-bond donors (Lipinski definition) is 0. The summed E-state index contributed by atoms with van der Waals surface area (Å²) in [7, 11) is 1.45. The first-order chi connectivity index (χ1) is 16.8. The van der Waals surface area contributed by atoms with Gasteiger partial charge in [0, 0.05) is 24.2 Å². The maximum Gasteiger partial charge on any atom is 0.338 e.